The van der Waals surface area contributed by atoms with E-state index in [1.165, 1.54) is 28.7 Å². The van der Waals surface area contributed by atoms with Gasteiger partial charge in [0.25, 0.3) is 0 Å². The minimum absolute atomic E-state index is 0.384. The van der Waals surface area contributed by atoms with Crippen LogP contribution in [0.4, 0.5) is 0 Å². The second kappa shape index (κ2) is 7.42. The molecule has 0 atom stereocenters. The predicted octanol–water partition coefficient (Wildman–Crippen LogP) is 6.19. The molecule has 4 aromatic heterocycles. The van der Waals surface area contributed by atoms with Gasteiger partial charge in [-0.05, 0) is 50.2 Å². The van der Waals surface area contributed by atoms with E-state index in [9.17, 15) is 4.79 Å². The number of carbonyl (C=O) groups is 1. The van der Waals surface area contributed by atoms with Crippen molar-refractivity contribution < 1.29 is 9.53 Å². The third kappa shape index (κ3) is 2.77. The highest BCUT2D eigenvalue weighted by Crippen LogP contribution is 2.37. The molecule has 0 radical (unpaired) electrons. The van der Waals surface area contributed by atoms with Gasteiger partial charge >= 0.3 is 5.97 Å². The van der Waals surface area contributed by atoms with Crippen LogP contribution in [0.2, 0.25) is 0 Å². The zero-order chi connectivity index (χ0) is 24.6. The Balaban J connectivity index is 1.57. The van der Waals surface area contributed by atoms with Crippen LogP contribution in [0.5, 0.6) is 5.75 Å². The van der Waals surface area contributed by atoms with Gasteiger partial charge in [-0.1, -0.05) is 30.3 Å². The van der Waals surface area contributed by atoms with Crippen LogP contribution in [0.3, 0.4) is 0 Å². The fourth-order valence-electron chi connectivity index (χ4n) is 5.48. The molecule has 0 N–H and O–H groups in total. The van der Waals surface area contributed by atoms with E-state index < -0.39 is 0 Å². The molecule has 0 amide bonds. The van der Waals surface area contributed by atoms with Crippen molar-refractivity contribution in [2.75, 3.05) is 0 Å². The summed E-state index contributed by atoms with van der Waals surface area (Å²) in [6.07, 6.45) is 1.85. The first-order valence-electron chi connectivity index (χ1n) is 12.0. The molecule has 0 spiro atoms. The lowest BCUT2D eigenvalue weighted by Crippen LogP contribution is -2.02. The molecule has 36 heavy (non-hydrogen) atoms. The van der Waals surface area contributed by atoms with E-state index >= 15 is 0 Å². The average molecular weight is 474 g/mol. The minimum atomic E-state index is -0.384. The first-order valence-corrected chi connectivity index (χ1v) is 12.0. The minimum Gasteiger partial charge on any atom is -0.424 e. The Labute approximate surface area is 206 Å². The Morgan fingerprint density at radius 2 is 1.64 bits per heavy atom. The number of aromatic nitrogens is 5. The van der Waals surface area contributed by atoms with Gasteiger partial charge in [-0.25, -0.2) is 9.97 Å². The van der Waals surface area contributed by atoms with E-state index in [0.717, 1.165) is 34.7 Å². The third-order valence-electron chi connectivity index (χ3n) is 6.92. The van der Waals surface area contributed by atoms with Crippen LogP contribution in [-0.4, -0.2) is 29.5 Å². The Kier molecular flexibility index (Phi) is 4.27. The molecule has 7 rings (SSSR count). The van der Waals surface area contributed by atoms with Crippen molar-refractivity contribution >= 4 is 55.5 Å². The molecule has 0 fully saturated rings. The number of benzene rings is 3. The van der Waals surface area contributed by atoms with Gasteiger partial charge in [0, 0.05) is 41.0 Å². The molecule has 0 bridgehead atoms. The third-order valence-corrected chi connectivity index (χ3v) is 6.92. The molecule has 4 heterocycles. The lowest BCUT2D eigenvalue weighted by molar-refractivity contribution is -0.131. The van der Waals surface area contributed by atoms with Crippen molar-refractivity contribution in [2.45, 2.75) is 27.3 Å². The number of carbonyl (C=O) groups excluding carboxylic acids is 1. The summed E-state index contributed by atoms with van der Waals surface area (Å²) in [5, 5.41) is 3.09. The van der Waals surface area contributed by atoms with Gasteiger partial charge in [-0.2, -0.15) is 0 Å². The second-order valence-corrected chi connectivity index (χ2v) is 9.04. The molecule has 0 saturated heterocycles. The number of fused-ring (bicyclic) bond motifs is 8. The second-order valence-electron chi connectivity index (χ2n) is 9.04. The number of hydrogen-bond acceptors (Lipinski definition) is 4. The predicted molar refractivity (Wildman–Crippen MR) is 142 cm³/mol. The summed E-state index contributed by atoms with van der Waals surface area (Å²) in [6.45, 7) is 6.44. The number of aryl methyl sites for hydroxylation is 2. The Bertz CT molecular complexity index is 2010. The summed E-state index contributed by atoms with van der Waals surface area (Å²) in [6, 6.07) is 22.9. The smallest absolute Gasteiger partial charge is 0.308 e. The molecule has 7 nitrogen and oxygen atoms in total. The fraction of sp³-hybridized carbons (Fsp3) is 0.138. The van der Waals surface area contributed by atoms with Gasteiger partial charge in [0.15, 0.2) is 17.0 Å². The van der Waals surface area contributed by atoms with Gasteiger partial charge < -0.3 is 9.30 Å². The number of ether oxygens (including phenoxy) is 1. The Hall–Kier alpha value is -4.65. The van der Waals surface area contributed by atoms with E-state index in [1.807, 2.05) is 46.4 Å². The highest BCUT2D eigenvalue weighted by atomic mass is 16.5. The largest absolute Gasteiger partial charge is 0.424 e. The molecule has 0 unspecified atom stereocenters. The van der Waals surface area contributed by atoms with Crippen LogP contribution in [0.25, 0.3) is 55.2 Å². The number of rotatable bonds is 3. The van der Waals surface area contributed by atoms with Crippen LogP contribution in [0, 0.1) is 6.92 Å². The van der Waals surface area contributed by atoms with Gasteiger partial charge in [-0.3, -0.25) is 13.8 Å². The van der Waals surface area contributed by atoms with Crippen molar-refractivity contribution in [2.24, 2.45) is 0 Å². The summed E-state index contributed by atoms with van der Waals surface area (Å²) in [5.41, 5.74) is 6.59. The fourth-order valence-corrected chi connectivity index (χ4v) is 5.48. The highest BCUT2D eigenvalue weighted by molar-refractivity contribution is 6.09. The van der Waals surface area contributed by atoms with Gasteiger partial charge in [0.1, 0.15) is 11.2 Å². The van der Waals surface area contributed by atoms with E-state index in [1.54, 1.807) is 0 Å². The summed E-state index contributed by atoms with van der Waals surface area (Å²) in [5.74, 6) is 0.871. The Morgan fingerprint density at radius 1 is 0.889 bits per heavy atom. The summed E-state index contributed by atoms with van der Waals surface area (Å²) in [7, 11) is 0. The molecular weight excluding hydrogens is 450 g/mol. The van der Waals surface area contributed by atoms with Crippen molar-refractivity contribution in [3.05, 3.63) is 78.8 Å². The number of esters is 1. The van der Waals surface area contributed by atoms with Crippen LogP contribution in [0.1, 0.15) is 19.7 Å². The quantitative estimate of drug-likeness (QED) is 0.287. The van der Waals surface area contributed by atoms with Crippen molar-refractivity contribution in [1.29, 1.82) is 0 Å². The number of para-hydroxylation sites is 3. The zero-order valence-corrected chi connectivity index (χ0v) is 20.2. The topological polar surface area (TPSA) is 66.3 Å². The first-order chi connectivity index (χ1) is 17.5. The molecule has 7 heteroatoms. The van der Waals surface area contributed by atoms with Crippen molar-refractivity contribution in [3.8, 4) is 11.4 Å². The molecular formula is C29H23N5O2. The van der Waals surface area contributed by atoms with E-state index in [-0.39, 0.29) is 5.97 Å². The van der Waals surface area contributed by atoms with Crippen LogP contribution >= 0.6 is 0 Å². The number of hydrogen-bond donors (Lipinski definition) is 0. The molecule has 0 aliphatic heterocycles. The number of nitrogens with zero attached hydrogens (tertiary/aromatic N) is 5. The lowest BCUT2D eigenvalue weighted by atomic mass is 10.1. The van der Waals surface area contributed by atoms with E-state index in [2.05, 4.69) is 54.0 Å². The molecule has 176 valence electrons. The van der Waals surface area contributed by atoms with Crippen molar-refractivity contribution in [3.63, 3.8) is 0 Å². The SMILES string of the molecule is CCn1c2ccccc2c2cc(-n3cc(OC(C)=O)c4c3nc(C)n3c5ccccc5nc43)ccc21. The summed E-state index contributed by atoms with van der Waals surface area (Å²) >= 11 is 0. The number of imidazole rings is 1. The van der Waals surface area contributed by atoms with E-state index in [0.29, 0.717) is 16.8 Å². The Morgan fingerprint density at radius 3 is 2.44 bits per heavy atom. The van der Waals surface area contributed by atoms with Gasteiger partial charge in [-0.15, -0.1) is 0 Å². The monoisotopic (exact) mass is 473 g/mol. The maximum Gasteiger partial charge on any atom is 0.308 e. The van der Waals surface area contributed by atoms with Crippen LogP contribution in [-0.2, 0) is 11.3 Å². The normalized spacial score (nSPS) is 12.0. The summed E-state index contributed by atoms with van der Waals surface area (Å²) < 4.78 is 12.0. The van der Waals surface area contributed by atoms with Crippen LogP contribution in [0.15, 0.2) is 72.9 Å². The van der Waals surface area contributed by atoms with Gasteiger partial charge in [0.2, 0.25) is 0 Å². The highest BCUT2D eigenvalue weighted by Gasteiger charge is 2.22. The summed E-state index contributed by atoms with van der Waals surface area (Å²) in [4.78, 5) is 21.9. The molecule has 7 aromatic rings. The standard InChI is InChI=1S/C29H23N5O2/c1-4-32-23-11-7-5-9-20(23)21-15-19(13-14-24(21)32)33-16-26(36-18(3)35)27-28(33)30-17(2)34-25-12-8-6-10-22(25)31-29(27)34/h5-16H,4H2,1-3H3. The van der Waals surface area contributed by atoms with Crippen LogP contribution < -0.4 is 4.74 Å². The lowest BCUT2D eigenvalue weighted by Gasteiger charge is -2.08. The molecule has 3 aromatic carbocycles. The van der Waals surface area contributed by atoms with Gasteiger partial charge in [0.05, 0.1) is 17.2 Å². The molecule has 0 aliphatic rings. The first kappa shape index (κ1) is 20.7. The molecule has 0 saturated carbocycles. The molecule has 0 aliphatic carbocycles. The van der Waals surface area contributed by atoms with E-state index in [4.69, 9.17) is 14.7 Å². The maximum absolute atomic E-state index is 12.1. The average Bonchev–Trinajstić information content (AvgIpc) is 3.53. The maximum atomic E-state index is 12.1. The zero-order valence-electron chi connectivity index (χ0n) is 20.2. The van der Waals surface area contributed by atoms with Crippen molar-refractivity contribution in [1.82, 2.24) is 23.5 Å².